The van der Waals surface area contributed by atoms with Crippen LogP contribution >= 0.6 is 27.3 Å². The summed E-state index contributed by atoms with van der Waals surface area (Å²) in [6.07, 6.45) is -3.04. The van der Waals surface area contributed by atoms with Crippen LogP contribution in [-0.4, -0.2) is 18.9 Å². The number of carbonyl (C=O) groups is 1. The van der Waals surface area contributed by atoms with Crippen molar-refractivity contribution in [3.8, 4) is 0 Å². The zero-order valence-electron chi connectivity index (χ0n) is 9.31. The largest absolute Gasteiger partial charge is 0.418 e. The second-order valence-electron chi connectivity index (χ2n) is 4.18. The van der Waals surface area contributed by atoms with E-state index in [4.69, 9.17) is 0 Å². The third-order valence-electron chi connectivity index (χ3n) is 2.97. The molecule has 2 nitrogen and oxygen atoms in total. The molecule has 1 aromatic heterocycles. The molecule has 0 spiro atoms. The van der Waals surface area contributed by atoms with Gasteiger partial charge in [0.05, 0.1) is 14.9 Å². The van der Waals surface area contributed by atoms with Crippen molar-refractivity contribution in [3.63, 3.8) is 0 Å². The van der Waals surface area contributed by atoms with Crippen molar-refractivity contribution >= 4 is 33.0 Å². The highest BCUT2D eigenvalue weighted by Crippen LogP contribution is 2.41. The monoisotopic (exact) mass is 341 g/mol. The smallest absolute Gasteiger partial charge is 0.317 e. The maximum absolute atomic E-state index is 12.6. The van der Waals surface area contributed by atoms with E-state index in [1.165, 1.54) is 0 Å². The van der Waals surface area contributed by atoms with Crippen LogP contribution in [0.25, 0.3) is 0 Å². The van der Waals surface area contributed by atoms with Gasteiger partial charge in [-0.25, -0.2) is 0 Å². The van der Waals surface area contributed by atoms with E-state index < -0.39 is 11.7 Å². The van der Waals surface area contributed by atoms with Gasteiger partial charge in [-0.3, -0.25) is 4.79 Å². The molecule has 0 atom stereocenters. The lowest BCUT2D eigenvalue weighted by Gasteiger charge is -2.20. The summed E-state index contributed by atoms with van der Waals surface area (Å²) >= 11 is 3.78. The van der Waals surface area contributed by atoms with Crippen LogP contribution in [0.4, 0.5) is 13.2 Å². The standard InChI is InChI=1S/C11H11BrF3NOS/c12-8-7(11(13,14)15)5-18-10(8)9(17)6-1-3-16-4-2-6/h5-6,16H,1-4H2. The highest BCUT2D eigenvalue weighted by molar-refractivity contribution is 9.10. The highest BCUT2D eigenvalue weighted by atomic mass is 79.9. The minimum Gasteiger partial charge on any atom is -0.317 e. The Kier molecular flexibility index (Phi) is 4.13. The quantitative estimate of drug-likeness (QED) is 0.831. The Morgan fingerprint density at radius 3 is 2.50 bits per heavy atom. The Balaban J connectivity index is 2.23. The molecule has 1 saturated heterocycles. The molecule has 0 saturated carbocycles. The van der Waals surface area contributed by atoms with Crippen LogP contribution < -0.4 is 5.32 Å². The minimum atomic E-state index is -4.41. The van der Waals surface area contributed by atoms with Gasteiger partial charge >= 0.3 is 6.18 Å². The highest BCUT2D eigenvalue weighted by Gasteiger charge is 2.37. The lowest BCUT2D eigenvalue weighted by Crippen LogP contribution is -2.31. The van der Waals surface area contributed by atoms with Gasteiger partial charge in [0.1, 0.15) is 0 Å². The topological polar surface area (TPSA) is 29.1 Å². The Labute approximate surface area is 115 Å². The van der Waals surface area contributed by atoms with Gasteiger partial charge in [0, 0.05) is 11.3 Å². The van der Waals surface area contributed by atoms with Crippen LogP contribution in [0.15, 0.2) is 9.85 Å². The number of Topliss-reactive ketones (excluding diaryl/α,β-unsaturated/α-hetero) is 1. The predicted molar refractivity (Wildman–Crippen MR) is 66.9 cm³/mol. The van der Waals surface area contributed by atoms with Crippen molar-refractivity contribution < 1.29 is 18.0 Å². The molecule has 1 aromatic rings. The summed E-state index contributed by atoms with van der Waals surface area (Å²) in [5, 5.41) is 4.12. The van der Waals surface area contributed by atoms with Gasteiger partial charge in [0.25, 0.3) is 0 Å². The third kappa shape index (κ3) is 2.78. The van der Waals surface area contributed by atoms with Crippen LogP contribution in [0.2, 0.25) is 0 Å². The molecule has 100 valence electrons. The summed E-state index contributed by atoms with van der Waals surface area (Å²) in [5.41, 5.74) is -0.759. The number of hydrogen-bond acceptors (Lipinski definition) is 3. The molecule has 0 bridgehead atoms. The summed E-state index contributed by atoms with van der Waals surface area (Å²) in [4.78, 5) is 12.3. The SMILES string of the molecule is O=C(c1scc(C(F)(F)F)c1Br)C1CCNCC1. The average molecular weight is 342 g/mol. The van der Waals surface area contributed by atoms with E-state index in [-0.39, 0.29) is 21.1 Å². The number of alkyl halides is 3. The number of hydrogen-bond donors (Lipinski definition) is 1. The predicted octanol–water partition coefficient (Wildman–Crippen LogP) is 3.71. The molecule has 0 unspecified atom stereocenters. The van der Waals surface area contributed by atoms with E-state index in [2.05, 4.69) is 21.2 Å². The lowest BCUT2D eigenvalue weighted by molar-refractivity contribution is -0.137. The maximum atomic E-state index is 12.6. The fourth-order valence-electron chi connectivity index (χ4n) is 1.97. The first-order chi connectivity index (χ1) is 8.41. The van der Waals surface area contributed by atoms with Crippen molar-refractivity contribution in [2.75, 3.05) is 13.1 Å². The number of ketones is 1. The van der Waals surface area contributed by atoms with Gasteiger partial charge in [-0.1, -0.05) is 0 Å². The van der Waals surface area contributed by atoms with Crippen molar-refractivity contribution in [2.24, 2.45) is 5.92 Å². The van der Waals surface area contributed by atoms with Crippen LogP contribution in [0.1, 0.15) is 28.1 Å². The Bertz CT molecular complexity index is 452. The molecule has 1 N–H and O–H groups in total. The molecule has 18 heavy (non-hydrogen) atoms. The van der Waals surface area contributed by atoms with Gasteiger partial charge in [-0.05, 0) is 41.9 Å². The Hall–Kier alpha value is -0.400. The Morgan fingerprint density at radius 2 is 2.00 bits per heavy atom. The van der Waals surface area contributed by atoms with Gasteiger partial charge in [-0.15, -0.1) is 11.3 Å². The van der Waals surface area contributed by atoms with Gasteiger partial charge in [0.2, 0.25) is 0 Å². The first kappa shape index (κ1) is 14.0. The summed E-state index contributed by atoms with van der Waals surface area (Å²) in [6, 6.07) is 0. The van der Waals surface area contributed by atoms with Crippen LogP contribution in [0, 0.1) is 5.92 Å². The molecule has 2 heterocycles. The molecule has 0 amide bonds. The molecule has 1 fully saturated rings. The number of rotatable bonds is 2. The zero-order chi connectivity index (χ0) is 13.3. The van der Waals surface area contributed by atoms with Crippen LogP contribution in [-0.2, 0) is 6.18 Å². The summed E-state index contributed by atoms with van der Waals surface area (Å²) < 4.78 is 37.8. The molecule has 2 rings (SSSR count). The summed E-state index contributed by atoms with van der Waals surface area (Å²) in [7, 11) is 0. The first-order valence-corrected chi connectivity index (χ1v) is 7.17. The average Bonchev–Trinajstić information content (AvgIpc) is 2.71. The molecule has 7 heteroatoms. The van der Waals surface area contributed by atoms with Crippen LogP contribution in [0.3, 0.4) is 0 Å². The molecule has 0 aliphatic carbocycles. The van der Waals surface area contributed by atoms with E-state index in [1.807, 2.05) is 0 Å². The van der Waals surface area contributed by atoms with E-state index in [9.17, 15) is 18.0 Å². The number of carbonyl (C=O) groups excluding carboxylic acids is 1. The fourth-order valence-corrected chi connectivity index (χ4v) is 3.92. The van der Waals surface area contributed by atoms with E-state index in [0.717, 1.165) is 29.8 Å². The fraction of sp³-hybridized carbons (Fsp3) is 0.545. The minimum absolute atomic E-state index is 0.108. The molecule has 0 radical (unpaired) electrons. The van der Waals surface area contributed by atoms with E-state index >= 15 is 0 Å². The molecule has 1 aliphatic rings. The number of piperidine rings is 1. The van der Waals surface area contributed by atoms with E-state index in [1.54, 1.807) is 0 Å². The van der Waals surface area contributed by atoms with Gasteiger partial charge in [-0.2, -0.15) is 13.2 Å². The normalized spacial score (nSPS) is 18.0. The van der Waals surface area contributed by atoms with Crippen molar-refractivity contribution in [1.82, 2.24) is 5.32 Å². The third-order valence-corrected chi connectivity index (χ3v) is 5.05. The van der Waals surface area contributed by atoms with Crippen molar-refractivity contribution in [1.29, 1.82) is 0 Å². The summed E-state index contributed by atoms with van der Waals surface area (Å²) in [5.74, 6) is -0.342. The zero-order valence-corrected chi connectivity index (χ0v) is 11.7. The second kappa shape index (κ2) is 5.30. The van der Waals surface area contributed by atoms with Gasteiger partial charge < -0.3 is 5.32 Å². The number of thiophene rings is 1. The molecular weight excluding hydrogens is 331 g/mol. The van der Waals surface area contributed by atoms with Crippen molar-refractivity contribution in [3.05, 3.63) is 20.3 Å². The lowest BCUT2D eigenvalue weighted by atomic mass is 9.92. The number of halogens is 4. The molecule has 0 aromatic carbocycles. The van der Waals surface area contributed by atoms with Crippen LogP contribution in [0.5, 0.6) is 0 Å². The first-order valence-electron chi connectivity index (χ1n) is 5.50. The molecular formula is C11H11BrF3NOS. The number of nitrogens with one attached hydrogen (secondary N) is 1. The van der Waals surface area contributed by atoms with E-state index in [0.29, 0.717) is 12.8 Å². The Morgan fingerprint density at radius 1 is 1.39 bits per heavy atom. The second-order valence-corrected chi connectivity index (χ2v) is 5.85. The maximum Gasteiger partial charge on any atom is 0.418 e. The van der Waals surface area contributed by atoms with Crippen molar-refractivity contribution in [2.45, 2.75) is 19.0 Å². The van der Waals surface area contributed by atoms with Gasteiger partial charge in [0.15, 0.2) is 5.78 Å². The molecule has 1 aliphatic heterocycles. The summed E-state index contributed by atoms with van der Waals surface area (Å²) in [6.45, 7) is 1.48.